The number of rotatable bonds is 3. The fourth-order valence-corrected chi connectivity index (χ4v) is 3.32. The van der Waals surface area contributed by atoms with Gasteiger partial charge < -0.3 is 9.73 Å². The smallest absolute Gasteiger partial charge is 0.228 e. The van der Waals surface area contributed by atoms with Gasteiger partial charge in [-0.3, -0.25) is 9.78 Å². The van der Waals surface area contributed by atoms with Crippen molar-refractivity contribution in [2.75, 3.05) is 5.32 Å². The number of carbonyl (C=O) groups excluding carboxylic acids is 1. The number of amides is 1. The molecule has 130 valence electrons. The molecule has 0 bridgehead atoms. The van der Waals surface area contributed by atoms with E-state index in [9.17, 15) is 4.79 Å². The predicted octanol–water partition coefficient (Wildman–Crippen LogP) is 4.48. The summed E-state index contributed by atoms with van der Waals surface area (Å²) in [5.74, 6) is 0.532. The van der Waals surface area contributed by atoms with Crippen LogP contribution in [0.5, 0.6) is 0 Å². The molecule has 2 aromatic carbocycles. The molecule has 0 unspecified atom stereocenters. The van der Waals surface area contributed by atoms with Crippen molar-refractivity contribution in [3.05, 3.63) is 65.2 Å². The van der Waals surface area contributed by atoms with E-state index < -0.39 is 0 Å². The zero-order chi connectivity index (χ0) is 18.3. The molecule has 5 heteroatoms. The molecular weight excluding hydrogens is 326 g/mol. The van der Waals surface area contributed by atoms with Gasteiger partial charge in [-0.15, -0.1) is 0 Å². The number of benzene rings is 2. The van der Waals surface area contributed by atoms with E-state index >= 15 is 0 Å². The Balaban J connectivity index is 1.60. The molecule has 0 spiro atoms. The molecular formula is C21H19N3O2. The van der Waals surface area contributed by atoms with Crippen molar-refractivity contribution in [1.82, 2.24) is 9.97 Å². The molecule has 0 aliphatic rings. The second-order valence-electron chi connectivity index (χ2n) is 6.46. The number of nitrogens with one attached hydrogen (secondary N) is 1. The van der Waals surface area contributed by atoms with Crippen molar-refractivity contribution in [1.29, 1.82) is 0 Å². The Kier molecular flexibility index (Phi) is 3.92. The number of para-hydroxylation sites is 1. The van der Waals surface area contributed by atoms with Crippen LogP contribution in [-0.4, -0.2) is 15.9 Å². The van der Waals surface area contributed by atoms with E-state index in [4.69, 9.17) is 4.42 Å². The summed E-state index contributed by atoms with van der Waals surface area (Å²) < 4.78 is 5.46. The first kappa shape index (κ1) is 16.3. The second kappa shape index (κ2) is 6.26. The molecule has 0 saturated heterocycles. The maximum absolute atomic E-state index is 12.6. The van der Waals surface area contributed by atoms with Crippen LogP contribution in [0.2, 0.25) is 0 Å². The summed E-state index contributed by atoms with van der Waals surface area (Å²) in [6.45, 7) is 5.80. The highest BCUT2D eigenvalue weighted by Gasteiger charge is 2.13. The van der Waals surface area contributed by atoms with Crippen molar-refractivity contribution < 1.29 is 9.21 Å². The number of fused-ring (bicyclic) bond motifs is 2. The van der Waals surface area contributed by atoms with Gasteiger partial charge in [-0.1, -0.05) is 18.2 Å². The van der Waals surface area contributed by atoms with Gasteiger partial charge >= 0.3 is 0 Å². The Morgan fingerprint density at radius 3 is 2.69 bits per heavy atom. The van der Waals surface area contributed by atoms with E-state index in [-0.39, 0.29) is 12.3 Å². The molecule has 0 atom stereocenters. The van der Waals surface area contributed by atoms with Crippen molar-refractivity contribution >= 4 is 33.6 Å². The molecule has 26 heavy (non-hydrogen) atoms. The summed E-state index contributed by atoms with van der Waals surface area (Å²) >= 11 is 0. The first-order chi connectivity index (χ1) is 12.5. The van der Waals surface area contributed by atoms with Crippen LogP contribution in [0, 0.1) is 20.8 Å². The minimum atomic E-state index is -0.0761. The van der Waals surface area contributed by atoms with Gasteiger partial charge in [-0.2, -0.15) is 0 Å². The number of hydrogen-bond acceptors (Lipinski definition) is 4. The number of pyridine rings is 1. The van der Waals surface area contributed by atoms with Gasteiger partial charge in [0.15, 0.2) is 11.5 Å². The lowest BCUT2D eigenvalue weighted by Crippen LogP contribution is -2.16. The summed E-state index contributed by atoms with van der Waals surface area (Å²) in [7, 11) is 0. The molecule has 0 aliphatic carbocycles. The lowest BCUT2D eigenvalue weighted by Gasteiger charge is -2.12. The average molecular weight is 345 g/mol. The van der Waals surface area contributed by atoms with Crippen LogP contribution in [0.15, 0.2) is 46.9 Å². The summed E-state index contributed by atoms with van der Waals surface area (Å²) in [5.41, 5.74) is 6.08. The molecule has 0 fully saturated rings. The molecule has 0 radical (unpaired) electrons. The predicted molar refractivity (Wildman–Crippen MR) is 102 cm³/mol. The third kappa shape index (κ3) is 2.92. The van der Waals surface area contributed by atoms with Crippen LogP contribution in [0.3, 0.4) is 0 Å². The number of nitrogens with zero attached hydrogens (tertiary/aromatic N) is 2. The van der Waals surface area contributed by atoms with Crippen molar-refractivity contribution in [3.63, 3.8) is 0 Å². The van der Waals surface area contributed by atoms with E-state index in [1.807, 2.05) is 56.3 Å². The molecule has 0 aliphatic heterocycles. The molecule has 0 saturated carbocycles. The highest BCUT2D eigenvalue weighted by atomic mass is 16.3. The van der Waals surface area contributed by atoms with Crippen molar-refractivity contribution in [3.8, 4) is 0 Å². The van der Waals surface area contributed by atoms with Crippen LogP contribution in [-0.2, 0) is 11.2 Å². The van der Waals surface area contributed by atoms with Crippen LogP contribution < -0.4 is 5.32 Å². The number of aromatic nitrogens is 2. The average Bonchev–Trinajstić information content (AvgIpc) is 2.98. The van der Waals surface area contributed by atoms with E-state index in [0.29, 0.717) is 17.2 Å². The maximum Gasteiger partial charge on any atom is 0.228 e. The van der Waals surface area contributed by atoms with E-state index in [0.717, 1.165) is 33.2 Å². The number of carbonyl (C=O) groups is 1. The maximum atomic E-state index is 12.6. The minimum Gasteiger partial charge on any atom is -0.441 e. The largest absolute Gasteiger partial charge is 0.441 e. The van der Waals surface area contributed by atoms with E-state index in [1.54, 1.807) is 6.92 Å². The van der Waals surface area contributed by atoms with Gasteiger partial charge in [0.2, 0.25) is 5.91 Å². The van der Waals surface area contributed by atoms with Crippen LogP contribution in [0.25, 0.3) is 22.0 Å². The number of aryl methyl sites for hydroxylation is 3. The summed E-state index contributed by atoms with van der Waals surface area (Å²) in [6.07, 6.45) is 0.283. The van der Waals surface area contributed by atoms with Gasteiger partial charge in [0.25, 0.3) is 0 Å². The van der Waals surface area contributed by atoms with Crippen LogP contribution in [0.1, 0.15) is 22.7 Å². The Labute approximate surface area is 151 Å². The molecule has 1 N–H and O–H groups in total. The molecule has 4 aromatic rings. The lowest BCUT2D eigenvalue weighted by molar-refractivity contribution is -0.115. The fourth-order valence-electron chi connectivity index (χ4n) is 3.32. The molecule has 1 amide bonds. The SMILES string of the molecule is Cc1nc2cc(NC(=O)Cc3c(C)nc4ccccc4c3C)ccc2o1. The van der Waals surface area contributed by atoms with Gasteiger partial charge in [0, 0.05) is 23.7 Å². The first-order valence-corrected chi connectivity index (χ1v) is 8.53. The van der Waals surface area contributed by atoms with Crippen molar-refractivity contribution in [2.24, 2.45) is 0 Å². The van der Waals surface area contributed by atoms with Crippen molar-refractivity contribution in [2.45, 2.75) is 27.2 Å². The second-order valence-corrected chi connectivity index (χ2v) is 6.46. The normalized spacial score (nSPS) is 11.2. The Morgan fingerprint density at radius 2 is 1.85 bits per heavy atom. The summed E-state index contributed by atoms with van der Waals surface area (Å²) in [5, 5.41) is 4.03. The molecule has 5 nitrogen and oxygen atoms in total. The Hall–Kier alpha value is -3.21. The van der Waals surface area contributed by atoms with Gasteiger partial charge in [0.1, 0.15) is 5.52 Å². The monoisotopic (exact) mass is 345 g/mol. The molecule has 2 heterocycles. The molecule has 4 rings (SSSR count). The van der Waals surface area contributed by atoms with Crippen LogP contribution in [0.4, 0.5) is 5.69 Å². The van der Waals surface area contributed by atoms with E-state index in [1.165, 1.54) is 0 Å². The summed E-state index contributed by atoms with van der Waals surface area (Å²) in [4.78, 5) is 21.5. The lowest BCUT2D eigenvalue weighted by atomic mass is 9.99. The quantitative estimate of drug-likeness (QED) is 0.594. The first-order valence-electron chi connectivity index (χ1n) is 8.53. The van der Waals surface area contributed by atoms with E-state index in [2.05, 4.69) is 15.3 Å². The van der Waals surface area contributed by atoms with Gasteiger partial charge in [-0.05, 0) is 49.2 Å². The molecule has 2 aromatic heterocycles. The fraction of sp³-hybridized carbons (Fsp3) is 0.190. The van der Waals surface area contributed by atoms with Gasteiger partial charge in [-0.25, -0.2) is 4.98 Å². The topological polar surface area (TPSA) is 68.0 Å². The third-order valence-corrected chi connectivity index (χ3v) is 4.60. The standard InChI is InChI=1S/C21H19N3O2/c1-12-16-6-4-5-7-18(16)22-13(2)17(12)11-21(25)24-15-8-9-20-19(10-15)23-14(3)26-20/h4-10H,11H2,1-3H3,(H,24,25). The number of anilines is 1. The van der Waals surface area contributed by atoms with Crippen LogP contribution >= 0.6 is 0 Å². The van der Waals surface area contributed by atoms with Gasteiger partial charge in [0.05, 0.1) is 11.9 Å². The Bertz CT molecular complexity index is 1140. The third-order valence-electron chi connectivity index (χ3n) is 4.60. The summed E-state index contributed by atoms with van der Waals surface area (Å²) in [6, 6.07) is 13.5. The minimum absolute atomic E-state index is 0.0761. The highest BCUT2D eigenvalue weighted by Crippen LogP contribution is 2.24. The highest BCUT2D eigenvalue weighted by molar-refractivity contribution is 5.95. The zero-order valence-corrected chi connectivity index (χ0v) is 15.0. The Morgan fingerprint density at radius 1 is 1.04 bits per heavy atom. The zero-order valence-electron chi connectivity index (χ0n) is 15.0. The number of hydrogen-bond donors (Lipinski definition) is 1. The number of oxazole rings is 1.